The molecule has 1 unspecified atom stereocenters. The molecule has 0 aliphatic carbocycles. The fourth-order valence-corrected chi connectivity index (χ4v) is 2.56. The van der Waals surface area contributed by atoms with Crippen molar-refractivity contribution in [1.29, 1.82) is 5.26 Å². The monoisotopic (exact) mass is 375 g/mol. The lowest BCUT2D eigenvalue weighted by Gasteiger charge is -2.13. The van der Waals surface area contributed by atoms with Crippen LogP contribution < -0.4 is 10.6 Å². The maximum absolute atomic E-state index is 13.4. The number of benzene rings is 2. The van der Waals surface area contributed by atoms with E-state index in [1.165, 1.54) is 18.4 Å². The molecule has 2 heterocycles. The molecule has 138 valence electrons. The van der Waals surface area contributed by atoms with Gasteiger partial charge in [-0.1, -0.05) is 18.2 Å². The summed E-state index contributed by atoms with van der Waals surface area (Å²) in [6.07, 6.45) is 2.25. The molecular formula is C20H14FN5O2. The van der Waals surface area contributed by atoms with Gasteiger partial charge in [0.05, 0.1) is 11.6 Å². The summed E-state index contributed by atoms with van der Waals surface area (Å²) in [4.78, 5) is 8.50. The summed E-state index contributed by atoms with van der Waals surface area (Å²) in [6, 6.07) is 16.7. The molecule has 0 amide bonds. The van der Waals surface area contributed by atoms with Crippen molar-refractivity contribution in [2.45, 2.75) is 6.29 Å². The van der Waals surface area contributed by atoms with Crippen LogP contribution in [0, 0.1) is 17.1 Å². The van der Waals surface area contributed by atoms with Gasteiger partial charge in [0, 0.05) is 17.4 Å². The highest BCUT2D eigenvalue weighted by molar-refractivity contribution is 5.57. The van der Waals surface area contributed by atoms with E-state index in [1.54, 1.807) is 42.6 Å². The minimum atomic E-state index is -0.730. The summed E-state index contributed by atoms with van der Waals surface area (Å²) < 4.78 is 24.4. The van der Waals surface area contributed by atoms with Gasteiger partial charge in [-0.05, 0) is 36.4 Å². The summed E-state index contributed by atoms with van der Waals surface area (Å²) in [5.41, 5.74) is 1.79. The molecule has 2 N–H and O–H groups in total. The van der Waals surface area contributed by atoms with E-state index in [0.717, 1.165) is 0 Å². The molecule has 2 aromatic carbocycles. The second kappa shape index (κ2) is 7.63. The zero-order valence-corrected chi connectivity index (χ0v) is 14.5. The Morgan fingerprint density at radius 2 is 1.96 bits per heavy atom. The van der Waals surface area contributed by atoms with E-state index in [2.05, 4.69) is 26.7 Å². The zero-order valence-electron chi connectivity index (χ0n) is 14.5. The molecule has 8 heteroatoms. The molecule has 28 heavy (non-hydrogen) atoms. The Bertz CT molecular complexity index is 1080. The van der Waals surface area contributed by atoms with E-state index in [-0.39, 0.29) is 5.82 Å². The first-order valence-corrected chi connectivity index (χ1v) is 8.34. The standard InChI is InChI=1S/C20H14FN5O2/c21-15-5-2-4-14(10-15)19-27-12-18(28-19)25-17-7-8-23-20(26-17)24-16-6-1-3-13(9-16)11-22/h1-10,12,19H,(H2,23,24,25,26). The first-order chi connectivity index (χ1) is 13.7. The van der Waals surface area contributed by atoms with Gasteiger partial charge in [0.15, 0.2) is 0 Å². The van der Waals surface area contributed by atoms with Gasteiger partial charge in [-0.25, -0.2) is 9.37 Å². The first kappa shape index (κ1) is 17.3. The second-order valence-electron chi connectivity index (χ2n) is 5.83. The SMILES string of the molecule is N#Cc1cccc(Nc2nccc(NC3=COC(c4cccc(F)c4)O3)n2)c1. The maximum Gasteiger partial charge on any atom is 0.268 e. The number of halogens is 1. The highest BCUT2D eigenvalue weighted by Crippen LogP contribution is 2.29. The van der Waals surface area contributed by atoms with Gasteiger partial charge in [0.1, 0.15) is 17.9 Å². The molecule has 1 aliphatic heterocycles. The van der Waals surface area contributed by atoms with Crippen LogP contribution in [0.15, 0.2) is 72.9 Å². The van der Waals surface area contributed by atoms with E-state index in [9.17, 15) is 4.39 Å². The molecule has 0 saturated heterocycles. The largest absolute Gasteiger partial charge is 0.453 e. The summed E-state index contributed by atoms with van der Waals surface area (Å²) in [5, 5.41) is 15.0. The van der Waals surface area contributed by atoms with Crippen molar-refractivity contribution in [1.82, 2.24) is 9.97 Å². The predicted octanol–water partition coefficient (Wildman–Crippen LogP) is 4.19. The summed E-state index contributed by atoms with van der Waals surface area (Å²) >= 11 is 0. The van der Waals surface area contributed by atoms with Crippen molar-refractivity contribution in [2.24, 2.45) is 0 Å². The zero-order chi connectivity index (χ0) is 19.3. The van der Waals surface area contributed by atoms with Gasteiger partial charge >= 0.3 is 0 Å². The van der Waals surface area contributed by atoms with Crippen molar-refractivity contribution in [3.63, 3.8) is 0 Å². The molecule has 1 atom stereocenters. The average Bonchev–Trinajstić information content (AvgIpc) is 3.17. The van der Waals surface area contributed by atoms with Crippen molar-refractivity contribution in [2.75, 3.05) is 10.6 Å². The molecule has 0 fully saturated rings. The molecule has 1 aromatic heterocycles. The molecule has 0 radical (unpaired) electrons. The van der Waals surface area contributed by atoms with E-state index >= 15 is 0 Å². The highest BCUT2D eigenvalue weighted by atomic mass is 19.1. The van der Waals surface area contributed by atoms with Crippen LogP contribution in [0.3, 0.4) is 0 Å². The fraction of sp³-hybridized carbons (Fsp3) is 0.0500. The van der Waals surface area contributed by atoms with Gasteiger partial charge in [-0.3, -0.25) is 0 Å². The number of nitrogens with zero attached hydrogens (tertiary/aromatic N) is 3. The van der Waals surface area contributed by atoms with Crippen LogP contribution in [-0.2, 0) is 9.47 Å². The normalized spacial score (nSPS) is 15.0. The smallest absolute Gasteiger partial charge is 0.268 e. The lowest BCUT2D eigenvalue weighted by Crippen LogP contribution is -2.06. The Balaban J connectivity index is 1.42. The second-order valence-corrected chi connectivity index (χ2v) is 5.83. The minimum Gasteiger partial charge on any atom is -0.453 e. The van der Waals surface area contributed by atoms with Crippen molar-refractivity contribution < 1.29 is 13.9 Å². The fourth-order valence-electron chi connectivity index (χ4n) is 2.56. The van der Waals surface area contributed by atoms with Crippen LogP contribution in [0.25, 0.3) is 0 Å². The van der Waals surface area contributed by atoms with Crippen molar-refractivity contribution in [3.05, 3.63) is 89.9 Å². The van der Waals surface area contributed by atoms with Crippen LogP contribution in [0.4, 0.5) is 21.8 Å². The highest BCUT2D eigenvalue weighted by Gasteiger charge is 2.22. The number of anilines is 3. The predicted molar refractivity (Wildman–Crippen MR) is 99.5 cm³/mol. The van der Waals surface area contributed by atoms with Crippen LogP contribution in [0.5, 0.6) is 0 Å². The van der Waals surface area contributed by atoms with E-state index in [0.29, 0.717) is 34.5 Å². The summed E-state index contributed by atoms with van der Waals surface area (Å²) in [7, 11) is 0. The molecule has 4 rings (SSSR count). The Morgan fingerprint density at radius 1 is 1.07 bits per heavy atom. The lowest BCUT2D eigenvalue weighted by atomic mass is 10.2. The molecular weight excluding hydrogens is 361 g/mol. The van der Waals surface area contributed by atoms with Crippen LogP contribution in [-0.4, -0.2) is 9.97 Å². The quantitative estimate of drug-likeness (QED) is 0.691. The Morgan fingerprint density at radius 3 is 2.82 bits per heavy atom. The Hall–Kier alpha value is -4.12. The number of rotatable bonds is 5. The number of ether oxygens (including phenoxy) is 2. The molecule has 0 bridgehead atoms. The number of aromatic nitrogens is 2. The molecule has 3 aromatic rings. The third kappa shape index (κ3) is 3.99. The van der Waals surface area contributed by atoms with Crippen molar-refractivity contribution in [3.8, 4) is 6.07 Å². The van der Waals surface area contributed by atoms with Gasteiger partial charge in [-0.2, -0.15) is 10.2 Å². The molecule has 0 spiro atoms. The number of nitriles is 1. The summed E-state index contributed by atoms with van der Waals surface area (Å²) in [5.74, 6) is 0.799. The molecule has 1 aliphatic rings. The number of nitrogens with one attached hydrogen (secondary N) is 2. The minimum absolute atomic E-state index is 0.338. The first-order valence-electron chi connectivity index (χ1n) is 8.34. The van der Waals surface area contributed by atoms with Crippen LogP contribution >= 0.6 is 0 Å². The van der Waals surface area contributed by atoms with Crippen LogP contribution in [0.2, 0.25) is 0 Å². The Kier molecular flexibility index (Phi) is 4.72. The number of hydrogen-bond acceptors (Lipinski definition) is 7. The van der Waals surface area contributed by atoms with Gasteiger partial charge in [0.25, 0.3) is 6.29 Å². The van der Waals surface area contributed by atoms with Gasteiger partial charge in [0.2, 0.25) is 11.8 Å². The van der Waals surface area contributed by atoms with Gasteiger partial charge in [-0.15, -0.1) is 0 Å². The van der Waals surface area contributed by atoms with E-state index in [4.69, 9.17) is 14.7 Å². The molecule has 7 nitrogen and oxygen atoms in total. The average molecular weight is 375 g/mol. The maximum atomic E-state index is 13.4. The van der Waals surface area contributed by atoms with E-state index < -0.39 is 6.29 Å². The van der Waals surface area contributed by atoms with Crippen LogP contribution in [0.1, 0.15) is 17.4 Å². The molecule has 0 saturated carbocycles. The van der Waals surface area contributed by atoms with Crippen molar-refractivity contribution >= 4 is 17.5 Å². The lowest BCUT2D eigenvalue weighted by molar-refractivity contribution is -0.0325. The topological polar surface area (TPSA) is 92.1 Å². The van der Waals surface area contributed by atoms with E-state index in [1.807, 2.05) is 6.07 Å². The third-order valence-electron chi connectivity index (χ3n) is 3.81. The third-order valence-corrected chi connectivity index (χ3v) is 3.81. The Labute approximate surface area is 160 Å². The number of hydrogen-bond donors (Lipinski definition) is 2. The summed E-state index contributed by atoms with van der Waals surface area (Å²) in [6.45, 7) is 0. The van der Waals surface area contributed by atoms with Gasteiger partial charge < -0.3 is 20.1 Å².